The molecule has 41 heavy (non-hydrogen) atoms. The first-order valence-electron chi connectivity index (χ1n) is 12.8. The van der Waals surface area contributed by atoms with E-state index in [1.807, 2.05) is 66.0 Å². The molecule has 0 fully saturated rings. The van der Waals surface area contributed by atoms with Crippen molar-refractivity contribution in [1.29, 1.82) is 0 Å². The van der Waals surface area contributed by atoms with Crippen molar-refractivity contribution in [2.45, 2.75) is 12.7 Å². The maximum Gasteiger partial charge on any atom is 0.418 e. The fourth-order valence-electron chi connectivity index (χ4n) is 4.93. The Morgan fingerprint density at radius 2 is 1.56 bits per heavy atom. The lowest BCUT2D eigenvalue weighted by molar-refractivity contribution is -0.136. The van der Waals surface area contributed by atoms with Crippen LogP contribution < -0.4 is 5.32 Å². The zero-order valence-electron chi connectivity index (χ0n) is 21.5. The third kappa shape index (κ3) is 5.34. The second kappa shape index (κ2) is 11.0. The number of carbonyl (C=O) groups excluding carboxylic acids is 1. The average Bonchev–Trinajstić information content (AvgIpc) is 3.53. The van der Waals surface area contributed by atoms with Gasteiger partial charge in [0.2, 0.25) is 0 Å². The number of benzene rings is 4. The summed E-state index contributed by atoms with van der Waals surface area (Å²) in [6.45, 7) is 0.493. The predicted octanol–water partition coefficient (Wildman–Crippen LogP) is 8.89. The van der Waals surface area contributed by atoms with E-state index in [4.69, 9.17) is 0 Å². The second-order valence-corrected chi connectivity index (χ2v) is 10.3. The molecule has 0 aliphatic carbocycles. The Labute approximate surface area is 238 Å². The highest BCUT2D eigenvalue weighted by molar-refractivity contribution is 7.09. The van der Waals surface area contributed by atoms with Crippen LogP contribution in [-0.4, -0.2) is 15.8 Å². The number of carbonyl (C=O) groups is 1. The number of nitrogens with one attached hydrogen (secondary N) is 1. The van der Waals surface area contributed by atoms with Crippen LogP contribution in [-0.2, 0) is 12.7 Å². The van der Waals surface area contributed by atoms with E-state index >= 15 is 0 Å². The standard InChI is InChI=1S/C33H22F3N3OS/c34-33(35,36)28-15-7-14-26-30(22-10-6-11-23(18-22)38-20-29-37-16-17-41-29)27(19-39-31(26)28)32(40)25-13-5-4-12-24(25)21-8-2-1-3-9-21/h1-19,38H,20H2. The molecule has 0 radical (unpaired) electrons. The Hall–Kier alpha value is -4.82. The lowest BCUT2D eigenvalue weighted by Crippen LogP contribution is -2.10. The van der Waals surface area contributed by atoms with Crippen molar-refractivity contribution >= 4 is 33.7 Å². The number of ketones is 1. The van der Waals surface area contributed by atoms with Crippen molar-refractivity contribution in [3.63, 3.8) is 0 Å². The number of rotatable bonds is 7. The van der Waals surface area contributed by atoms with Gasteiger partial charge >= 0.3 is 6.18 Å². The largest absolute Gasteiger partial charge is 0.418 e. The van der Waals surface area contributed by atoms with Crippen molar-refractivity contribution in [1.82, 2.24) is 9.97 Å². The molecule has 8 heteroatoms. The average molecular weight is 566 g/mol. The van der Waals surface area contributed by atoms with E-state index in [1.165, 1.54) is 23.6 Å². The summed E-state index contributed by atoms with van der Waals surface area (Å²) in [4.78, 5) is 22.7. The van der Waals surface area contributed by atoms with Gasteiger partial charge < -0.3 is 5.32 Å². The molecule has 6 rings (SSSR count). The van der Waals surface area contributed by atoms with Gasteiger partial charge in [0.1, 0.15) is 5.01 Å². The summed E-state index contributed by atoms with van der Waals surface area (Å²) in [6.07, 6.45) is -1.61. The summed E-state index contributed by atoms with van der Waals surface area (Å²) in [5.41, 5.74) is 2.93. The van der Waals surface area contributed by atoms with Crippen molar-refractivity contribution in [2.75, 3.05) is 5.32 Å². The van der Waals surface area contributed by atoms with Crippen LogP contribution in [0.15, 0.2) is 115 Å². The Morgan fingerprint density at radius 1 is 0.805 bits per heavy atom. The van der Waals surface area contributed by atoms with Gasteiger partial charge in [-0.1, -0.05) is 78.9 Å². The quantitative estimate of drug-likeness (QED) is 0.196. The number of alkyl halides is 3. The number of nitrogens with zero attached hydrogens (tertiary/aromatic N) is 2. The molecule has 0 bridgehead atoms. The summed E-state index contributed by atoms with van der Waals surface area (Å²) in [6, 6.07) is 28.0. The molecule has 6 aromatic rings. The van der Waals surface area contributed by atoms with E-state index in [2.05, 4.69) is 15.3 Å². The molecule has 0 spiro atoms. The number of para-hydroxylation sites is 1. The topological polar surface area (TPSA) is 54.9 Å². The fourth-order valence-corrected chi connectivity index (χ4v) is 5.49. The van der Waals surface area contributed by atoms with Crippen molar-refractivity contribution < 1.29 is 18.0 Å². The summed E-state index contributed by atoms with van der Waals surface area (Å²) in [5, 5.41) is 6.35. The van der Waals surface area contributed by atoms with E-state index in [-0.39, 0.29) is 22.2 Å². The summed E-state index contributed by atoms with van der Waals surface area (Å²) in [7, 11) is 0. The molecule has 2 aromatic heterocycles. The first-order valence-corrected chi connectivity index (χ1v) is 13.7. The Bertz CT molecular complexity index is 1850. The molecule has 202 valence electrons. The van der Waals surface area contributed by atoms with Gasteiger partial charge in [0.25, 0.3) is 0 Å². The van der Waals surface area contributed by atoms with Crippen LogP contribution in [0, 0.1) is 0 Å². The summed E-state index contributed by atoms with van der Waals surface area (Å²) in [5.74, 6) is -0.326. The lowest BCUT2D eigenvalue weighted by Gasteiger charge is -2.17. The smallest absolute Gasteiger partial charge is 0.379 e. The van der Waals surface area contributed by atoms with Crippen molar-refractivity contribution in [3.05, 3.63) is 137 Å². The zero-order chi connectivity index (χ0) is 28.4. The van der Waals surface area contributed by atoms with Crippen LogP contribution >= 0.6 is 11.3 Å². The number of hydrogen-bond acceptors (Lipinski definition) is 5. The molecule has 4 nitrogen and oxygen atoms in total. The summed E-state index contributed by atoms with van der Waals surface area (Å²) < 4.78 is 42.0. The molecule has 1 N–H and O–H groups in total. The molecular formula is C33H22F3N3OS. The molecule has 0 saturated carbocycles. The molecule has 2 heterocycles. The maximum atomic E-state index is 14.2. The highest BCUT2D eigenvalue weighted by Gasteiger charge is 2.34. The minimum Gasteiger partial charge on any atom is -0.379 e. The summed E-state index contributed by atoms with van der Waals surface area (Å²) >= 11 is 1.52. The van der Waals surface area contributed by atoms with Gasteiger partial charge in [0.05, 0.1) is 17.6 Å². The minimum atomic E-state index is -4.60. The van der Waals surface area contributed by atoms with Crippen LogP contribution in [0.4, 0.5) is 18.9 Å². The van der Waals surface area contributed by atoms with E-state index in [0.29, 0.717) is 23.2 Å². The number of thiazole rings is 1. The normalized spacial score (nSPS) is 11.5. The Morgan fingerprint density at radius 3 is 2.34 bits per heavy atom. The zero-order valence-corrected chi connectivity index (χ0v) is 22.3. The van der Waals surface area contributed by atoms with Crippen LogP contribution in [0.1, 0.15) is 26.5 Å². The third-order valence-electron chi connectivity index (χ3n) is 6.78. The van der Waals surface area contributed by atoms with Gasteiger partial charge in [-0.05, 0) is 34.9 Å². The second-order valence-electron chi connectivity index (χ2n) is 9.35. The minimum absolute atomic E-state index is 0.205. The Balaban J connectivity index is 1.54. The molecule has 0 aliphatic heterocycles. The first-order chi connectivity index (χ1) is 19.9. The van der Waals surface area contributed by atoms with Crippen LogP contribution in [0.25, 0.3) is 33.2 Å². The van der Waals surface area contributed by atoms with Gasteiger partial charge in [-0.25, -0.2) is 4.98 Å². The van der Waals surface area contributed by atoms with Gasteiger partial charge in [0, 0.05) is 45.5 Å². The molecular weight excluding hydrogens is 543 g/mol. The number of halogens is 3. The van der Waals surface area contributed by atoms with Gasteiger partial charge in [-0.3, -0.25) is 9.78 Å². The van der Waals surface area contributed by atoms with Crippen molar-refractivity contribution in [3.8, 4) is 22.3 Å². The molecule has 4 aromatic carbocycles. The monoisotopic (exact) mass is 565 g/mol. The van der Waals surface area contributed by atoms with Crippen LogP contribution in [0.2, 0.25) is 0 Å². The van der Waals surface area contributed by atoms with E-state index < -0.39 is 11.7 Å². The van der Waals surface area contributed by atoms with Gasteiger partial charge in [-0.2, -0.15) is 13.2 Å². The molecule has 0 aliphatic rings. The number of fused-ring (bicyclic) bond motifs is 1. The van der Waals surface area contributed by atoms with Gasteiger partial charge in [-0.15, -0.1) is 11.3 Å². The number of aromatic nitrogens is 2. The third-order valence-corrected chi connectivity index (χ3v) is 7.56. The van der Waals surface area contributed by atoms with Crippen LogP contribution in [0.3, 0.4) is 0 Å². The SMILES string of the molecule is O=C(c1ccccc1-c1ccccc1)c1cnc2c(C(F)(F)F)cccc2c1-c1cccc(NCc2nccs2)c1. The molecule has 0 atom stereocenters. The fraction of sp³-hybridized carbons (Fsp3) is 0.0606. The molecule has 0 unspecified atom stereocenters. The highest BCUT2D eigenvalue weighted by atomic mass is 32.1. The maximum absolute atomic E-state index is 14.2. The lowest BCUT2D eigenvalue weighted by atomic mass is 9.88. The highest BCUT2D eigenvalue weighted by Crippen LogP contribution is 2.40. The van der Waals surface area contributed by atoms with Gasteiger partial charge in [0.15, 0.2) is 5.78 Å². The molecule has 0 saturated heterocycles. The number of anilines is 1. The number of hydrogen-bond donors (Lipinski definition) is 1. The Kier molecular flexibility index (Phi) is 7.07. The van der Waals surface area contributed by atoms with Crippen molar-refractivity contribution in [2.24, 2.45) is 0 Å². The van der Waals surface area contributed by atoms with E-state index in [0.717, 1.165) is 27.9 Å². The van der Waals surface area contributed by atoms with Crippen LogP contribution in [0.5, 0.6) is 0 Å². The molecule has 0 amide bonds. The number of pyridine rings is 1. The first kappa shape index (κ1) is 26.4. The predicted molar refractivity (Wildman–Crippen MR) is 157 cm³/mol. The van der Waals surface area contributed by atoms with E-state index in [9.17, 15) is 18.0 Å². The van der Waals surface area contributed by atoms with E-state index in [1.54, 1.807) is 30.5 Å².